The number of aromatic nitrogens is 1. The van der Waals surface area contributed by atoms with E-state index in [-0.39, 0.29) is 11.7 Å². The molecule has 0 unspecified atom stereocenters. The molecule has 4 aromatic rings. The fourth-order valence-corrected chi connectivity index (χ4v) is 3.38. The van der Waals surface area contributed by atoms with Crippen molar-refractivity contribution in [2.45, 2.75) is 0 Å². The summed E-state index contributed by atoms with van der Waals surface area (Å²) in [6, 6.07) is 21.5. The maximum absolute atomic E-state index is 13.0. The van der Waals surface area contributed by atoms with E-state index in [0.29, 0.717) is 33.5 Å². The highest BCUT2D eigenvalue weighted by Gasteiger charge is 2.15. The number of benzene rings is 3. The van der Waals surface area contributed by atoms with Gasteiger partial charge in [-0.25, -0.2) is 10.4 Å². The van der Waals surface area contributed by atoms with Crippen molar-refractivity contribution in [3.63, 3.8) is 0 Å². The average molecular weight is 476 g/mol. The van der Waals surface area contributed by atoms with E-state index in [1.807, 2.05) is 36.4 Å². The molecule has 0 bridgehead atoms. The van der Waals surface area contributed by atoms with Crippen LogP contribution < -0.4 is 10.2 Å². The molecule has 0 atom stereocenters. The predicted octanol–water partition coefficient (Wildman–Crippen LogP) is 5.14. The van der Waals surface area contributed by atoms with Crippen LogP contribution in [0.25, 0.3) is 22.2 Å². The van der Waals surface area contributed by atoms with Gasteiger partial charge < -0.3 is 9.84 Å². The largest absolute Gasteiger partial charge is 0.508 e. The number of phenolic OH excluding ortho intramolecular Hbond substituents is 1. The number of pyridine rings is 1. The number of rotatable bonds is 5. The van der Waals surface area contributed by atoms with Crippen LogP contribution in [0.3, 0.4) is 0 Å². The monoisotopic (exact) mass is 475 g/mol. The standard InChI is InChI=1S/C24H18BrN3O3/c1-31-19-9-10-22-20(12-19)21(13-23(27-22)16-5-7-17(25)8-6-16)24(30)28-26-14-15-3-2-4-18(29)11-15/h2-14,29H,1H3,(H,28,30). The lowest BCUT2D eigenvalue weighted by atomic mass is 10.0. The van der Waals surface area contributed by atoms with Crippen LogP contribution in [0.15, 0.2) is 82.4 Å². The van der Waals surface area contributed by atoms with E-state index in [9.17, 15) is 9.90 Å². The number of phenols is 1. The van der Waals surface area contributed by atoms with Gasteiger partial charge >= 0.3 is 0 Å². The first-order valence-electron chi connectivity index (χ1n) is 9.40. The van der Waals surface area contributed by atoms with Crippen molar-refractivity contribution in [2.24, 2.45) is 5.10 Å². The van der Waals surface area contributed by atoms with Gasteiger partial charge in [0.25, 0.3) is 5.91 Å². The molecule has 6 nitrogen and oxygen atoms in total. The van der Waals surface area contributed by atoms with Gasteiger partial charge in [-0.1, -0.05) is 40.2 Å². The predicted molar refractivity (Wildman–Crippen MR) is 125 cm³/mol. The number of carbonyl (C=O) groups excluding carboxylic acids is 1. The number of nitrogens with one attached hydrogen (secondary N) is 1. The Bertz CT molecular complexity index is 1290. The van der Waals surface area contributed by atoms with Crippen LogP contribution in [0.2, 0.25) is 0 Å². The molecular weight excluding hydrogens is 458 g/mol. The Kier molecular flexibility index (Phi) is 5.95. The second-order valence-corrected chi connectivity index (χ2v) is 7.65. The van der Waals surface area contributed by atoms with Gasteiger partial charge in [0.2, 0.25) is 0 Å². The normalized spacial score (nSPS) is 11.0. The van der Waals surface area contributed by atoms with Gasteiger partial charge in [-0.15, -0.1) is 0 Å². The Balaban J connectivity index is 1.72. The number of amides is 1. The first-order chi connectivity index (χ1) is 15.0. The molecule has 0 saturated heterocycles. The topological polar surface area (TPSA) is 83.8 Å². The maximum atomic E-state index is 13.0. The highest BCUT2D eigenvalue weighted by Crippen LogP contribution is 2.28. The van der Waals surface area contributed by atoms with Crippen molar-refractivity contribution in [2.75, 3.05) is 7.11 Å². The fourth-order valence-electron chi connectivity index (χ4n) is 3.12. The maximum Gasteiger partial charge on any atom is 0.272 e. The van der Waals surface area contributed by atoms with E-state index in [2.05, 4.69) is 26.5 Å². The molecule has 31 heavy (non-hydrogen) atoms. The van der Waals surface area contributed by atoms with Crippen molar-refractivity contribution in [3.05, 3.63) is 88.4 Å². The number of carbonyl (C=O) groups is 1. The van der Waals surface area contributed by atoms with E-state index >= 15 is 0 Å². The van der Waals surface area contributed by atoms with Gasteiger partial charge in [0, 0.05) is 15.4 Å². The molecule has 1 aromatic heterocycles. The zero-order valence-corrected chi connectivity index (χ0v) is 18.1. The third-order valence-corrected chi connectivity index (χ3v) is 5.18. The number of hydrogen-bond donors (Lipinski definition) is 2. The zero-order valence-electron chi connectivity index (χ0n) is 16.5. The van der Waals surface area contributed by atoms with E-state index in [4.69, 9.17) is 9.72 Å². The summed E-state index contributed by atoms with van der Waals surface area (Å²) in [4.78, 5) is 17.7. The number of ether oxygens (including phenoxy) is 1. The Labute approximate surface area is 187 Å². The third-order valence-electron chi connectivity index (χ3n) is 4.65. The van der Waals surface area contributed by atoms with Crippen LogP contribution >= 0.6 is 15.9 Å². The first kappa shape index (κ1) is 20.6. The highest BCUT2D eigenvalue weighted by atomic mass is 79.9. The van der Waals surface area contributed by atoms with E-state index in [0.717, 1.165) is 10.0 Å². The molecule has 4 rings (SSSR count). The van der Waals surface area contributed by atoms with Gasteiger partial charge in [-0.05, 0) is 54.1 Å². The second kappa shape index (κ2) is 8.97. The van der Waals surface area contributed by atoms with Crippen LogP contribution in [-0.4, -0.2) is 29.3 Å². The number of methoxy groups -OCH3 is 1. The van der Waals surface area contributed by atoms with Gasteiger partial charge in [0.15, 0.2) is 0 Å². The molecule has 0 saturated carbocycles. The van der Waals surface area contributed by atoms with E-state index in [1.165, 1.54) is 6.21 Å². The summed E-state index contributed by atoms with van der Waals surface area (Å²) in [5.74, 6) is 0.375. The molecule has 0 fully saturated rings. The molecule has 0 aliphatic heterocycles. The summed E-state index contributed by atoms with van der Waals surface area (Å²) in [7, 11) is 1.57. The lowest BCUT2D eigenvalue weighted by Crippen LogP contribution is -2.18. The quantitative estimate of drug-likeness (QED) is 0.309. The number of halogens is 1. The lowest BCUT2D eigenvalue weighted by Gasteiger charge is -2.10. The van der Waals surface area contributed by atoms with E-state index in [1.54, 1.807) is 43.5 Å². The van der Waals surface area contributed by atoms with Crippen molar-refractivity contribution >= 4 is 39.0 Å². The Morgan fingerprint density at radius 2 is 1.90 bits per heavy atom. The van der Waals surface area contributed by atoms with Crippen LogP contribution in [0.5, 0.6) is 11.5 Å². The SMILES string of the molecule is COc1ccc2nc(-c3ccc(Br)cc3)cc(C(=O)NN=Cc3cccc(O)c3)c2c1. The molecule has 2 N–H and O–H groups in total. The zero-order chi connectivity index (χ0) is 21.8. The molecule has 1 heterocycles. The minimum atomic E-state index is -0.379. The van der Waals surface area contributed by atoms with Crippen LogP contribution in [-0.2, 0) is 0 Å². The van der Waals surface area contributed by atoms with Crippen molar-refractivity contribution < 1.29 is 14.6 Å². The number of hydrogen-bond acceptors (Lipinski definition) is 5. The number of hydrazone groups is 1. The van der Waals surface area contributed by atoms with Gasteiger partial charge in [-0.2, -0.15) is 5.10 Å². The number of nitrogens with zero attached hydrogens (tertiary/aromatic N) is 2. The Hall–Kier alpha value is -3.71. The van der Waals surface area contributed by atoms with E-state index < -0.39 is 0 Å². The molecule has 7 heteroatoms. The van der Waals surface area contributed by atoms with Crippen molar-refractivity contribution in [1.29, 1.82) is 0 Å². The van der Waals surface area contributed by atoms with Crippen LogP contribution in [0.1, 0.15) is 15.9 Å². The molecule has 154 valence electrons. The van der Waals surface area contributed by atoms with Gasteiger partial charge in [-0.3, -0.25) is 4.79 Å². The Morgan fingerprint density at radius 3 is 2.65 bits per heavy atom. The van der Waals surface area contributed by atoms with Crippen molar-refractivity contribution in [1.82, 2.24) is 10.4 Å². The van der Waals surface area contributed by atoms with Crippen LogP contribution in [0, 0.1) is 0 Å². The third kappa shape index (κ3) is 4.73. The van der Waals surface area contributed by atoms with Crippen molar-refractivity contribution in [3.8, 4) is 22.8 Å². The smallest absolute Gasteiger partial charge is 0.272 e. The number of aromatic hydroxyl groups is 1. The highest BCUT2D eigenvalue weighted by molar-refractivity contribution is 9.10. The first-order valence-corrected chi connectivity index (χ1v) is 10.2. The van der Waals surface area contributed by atoms with Crippen LogP contribution in [0.4, 0.5) is 0 Å². The molecule has 3 aromatic carbocycles. The summed E-state index contributed by atoms with van der Waals surface area (Å²) in [6.07, 6.45) is 1.47. The average Bonchev–Trinajstić information content (AvgIpc) is 2.78. The summed E-state index contributed by atoms with van der Waals surface area (Å²) >= 11 is 3.43. The second-order valence-electron chi connectivity index (χ2n) is 6.74. The summed E-state index contributed by atoms with van der Waals surface area (Å²) in [5.41, 5.74) is 5.88. The minimum Gasteiger partial charge on any atom is -0.508 e. The van der Waals surface area contributed by atoms with Gasteiger partial charge in [0.05, 0.1) is 30.1 Å². The summed E-state index contributed by atoms with van der Waals surface area (Å²) < 4.78 is 6.28. The molecule has 0 aliphatic carbocycles. The molecule has 0 spiro atoms. The molecule has 0 aliphatic rings. The number of fused-ring (bicyclic) bond motifs is 1. The lowest BCUT2D eigenvalue weighted by molar-refractivity contribution is 0.0956. The Morgan fingerprint density at radius 1 is 1.10 bits per heavy atom. The minimum absolute atomic E-state index is 0.127. The summed E-state index contributed by atoms with van der Waals surface area (Å²) in [5, 5.41) is 14.2. The molecule has 0 radical (unpaired) electrons. The summed E-state index contributed by atoms with van der Waals surface area (Å²) in [6.45, 7) is 0. The fraction of sp³-hybridized carbons (Fsp3) is 0.0417. The molecule has 1 amide bonds. The van der Waals surface area contributed by atoms with Gasteiger partial charge in [0.1, 0.15) is 11.5 Å². The molecular formula is C24H18BrN3O3.